The zero-order valence-electron chi connectivity index (χ0n) is 8.84. The molecule has 3 nitrogen and oxygen atoms in total. The molecule has 0 saturated carbocycles. The molecule has 0 radical (unpaired) electrons. The molecule has 0 amide bonds. The van der Waals surface area contributed by atoms with E-state index in [4.69, 9.17) is 4.42 Å². The predicted octanol–water partition coefficient (Wildman–Crippen LogP) is 3.27. The van der Waals surface area contributed by atoms with Crippen molar-refractivity contribution < 1.29 is 4.42 Å². The first-order chi connectivity index (χ1) is 7.08. The maximum absolute atomic E-state index is 5.44. The SMILES string of the molecule is Cc1cc(C)c(-c2nnc(I)o2)c(C)c1. The second-order valence-electron chi connectivity index (χ2n) is 3.63. The molecule has 1 heterocycles. The van der Waals surface area contributed by atoms with Crippen LogP contribution in [0.1, 0.15) is 16.7 Å². The Kier molecular flexibility index (Phi) is 2.77. The van der Waals surface area contributed by atoms with Gasteiger partial charge in [0.2, 0.25) is 5.89 Å². The van der Waals surface area contributed by atoms with Crippen molar-refractivity contribution in [2.24, 2.45) is 0 Å². The van der Waals surface area contributed by atoms with Crippen LogP contribution in [0, 0.1) is 24.7 Å². The first-order valence-corrected chi connectivity index (χ1v) is 5.73. The lowest BCUT2D eigenvalue weighted by molar-refractivity contribution is 0.536. The highest BCUT2D eigenvalue weighted by atomic mass is 127. The van der Waals surface area contributed by atoms with Crippen molar-refractivity contribution in [2.45, 2.75) is 20.8 Å². The normalized spacial score (nSPS) is 10.7. The minimum absolute atomic E-state index is 0.571. The summed E-state index contributed by atoms with van der Waals surface area (Å²) in [4.78, 5) is 0. The van der Waals surface area contributed by atoms with Crippen LogP contribution >= 0.6 is 22.6 Å². The first-order valence-electron chi connectivity index (χ1n) is 4.65. The number of nitrogens with zero attached hydrogens (tertiary/aromatic N) is 2. The number of halogens is 1. The molecule has 0 saturated heterocycles. The van der Waals surface area contributed by atoms with Crippen LogP contribution < -0.4 is 0 Å². The van der Waals surface area contributed by atoms with Crippen LogP contribution in [0.3, 0.4) is 0 Å². The average molecular weight is 314 g/mol. The van der Waals surface area contributed by atoms with Gasteiger partial charge in [0, 0.05) is 28.2 Å². The van der Waals surface area contributed by atoms with E-state index >= 15 is 0 Å². The molecule has 78 valence electrons. The van der Waals surface area contributed by atoms with Gasteiger partial charge in [-0.3, -0.25) is 0 Å². The number of hydrogen-bond donors (Lipinski definition) is 0. The largest absolute Gasteiger partial charge is 0.412 e. The minimum atomic E-state index is 0.571. The summed E-state index contributed by atoms with van der Waals surface area (Å²) < 4.78 is 6.01. The van der Waals surface area contributed by atoms with Crippen LogP contribution in [0.25, 0.3) is 11.5 Å². The third kappa shape index (κ3) is 2.04. The van der Waals surface area contributed by atoms with E-state index in [0.29, 0.717) is 9.79 Å². The summed E-state index contributed by atoms with van der Waals surface area (Å²) >= 11 is 2.02. The molecule has 15 heavy (non-hydrogen) atoms. The summed E-state index contributed by atoms with van der Waals surface area (Å²) in [6.07, 6.45) is 0. The van der Waals surface area contributed by atoms with Gasteiger partial charge in [-0.05, 0) is 31.9 Å². The summed E-state index contributed by atoms with van der Waals surface area (Å²) in [5.74, 6) is 0.606. The fourth-order valence-corrected chi connectivity index (χ4v) is 2.14. The second kappa shape index (κ2) is 3.92. The van der Waals surface area contributed by atoms with Gasteiger partial charge in [-0.15, -0.1) is 10.2 Å². The Balaban J connectivity index is 2.62. The van der Waals surface area contributed by atoms with Crippen molar-refractivity contribution in [3.63, 3.8) is 0 Å². The lowest BCUT2D eigenvalue weighted by Gasteiger charge is -2.06. The standard InChI is InChI=1S/C11H11IN2O/c1-6-4-7(2)9(8(3)5-6)10-13-14-11(12)15-10/h4-5H,1-3H3. The predicted molar refractivity (Wildman–Crippen MR) is 66.7 cm³/mol. The molecule has 0 N–H and O–H groups in total. The maximum atomic E-state index is 5.44. The number of aromatic nitrogens is 2. The van der Waals surface area contributed by atoms with Gasteiger partial charge in [0.05, 0.1) is 0 Å². The zero-order valence-corrected chi connectivity index (χ0v) is 11.0. The molecule has 0 aliphatic heterocycles. The number of aryl methyl sites for hydroxylation is 3. The molecule has 0 spiro atoms. The summed E-state index contributed by atoms with van der Waals surface area (Å²) in [7, 11) is 0. The summed E-state index contributed by atoms with van der Waals surface area (Å²) in [5.41, 5.74) is 4.65. The van der Waals surface area contributed by atoms with Crippen LogP contribution in [0.2, 0.25) is 0 Å². The van der Waals surface area contributed by atoms with Crippen LogP contribution in [0.4, 0.5) is 0 Å². The van der Waals surface area contributed by atoms with Crippen molar-refractivity contribution in [3.05, 3.63) is 32.7 Å². The fraction of sp³-hybridized carbons (Fsp3) is 0.273. The van der Waals surface area contributed by atoms with Gasteiger partial charge < -0.3 is 4.42 Å². The van der Waals surface area contributed by atoms with Crippen molar-refractivity contribution in [1.29, 1.82) is 0 Å². The van der Waals surface area contributed by atoms with Crippen LogP contribution in [-0.4, -0.2) is 10.2 Å². The van der Waals surface area contributed by atoms with Crippen LogP contribution in [0.15, 0.2) is 16.5 Å². The number of hydrogen-bond acceptors (Lipinski definition) is 3. The molecule has 1 aromatic carbocycles. The van der Waals surface area contributed by atoms with Gasteiger partial charge in [0.25, 0.3) is 3.90 Å². The molecule has 1 aromatic heterocycles. The van der Waals surface area contributed by atoms with E-state index in [1.165, 1.54) is 16.7 Å². The van der Waals surface area contributed by atoms with Crippen LogP contribution in [0.5, 0.6) is 0 Å². The Bertz CT molecular complexity index is 482. The molecular weight excluding hydrogens is 303 g/mol. The monoisotopic (exact) mass is 314 g/mol. The number of rotatable bonds is 1. The maximum Gasteiger partial charge on any atom is 0.278 e. The summed E-state index contributed by atoms with van der Waals surface area (Å²) in [5, 5.41) is 7.88. The van der Waals surface area contributed by atoms with Crippen molar-refractivity contribution in [3.8, 4) is 11.5 Å². The Morgan fingerprint density at radius 2 is 1.67 bits per heavy atom. The number of benzene rings is 1. The molecule has 4 heteroatoms. The van der Waals surface area contributed by atoms with Gasteiger partial charge in [0.1, 0.15) is 0 Å². The Labute approximate surface area is 102 Å². The minimum Gasteiger partial charge on any atom is -0.412 e. The van der Waals surface area contributed by atoms with E-state index in [2.05, 4.69) is 43.1 Å². The molecule has 0 aliphatic rings. The van der Waals surface area contributed by atoms with Crippen molar-refractivity contribution >= 4 is 22.6 Å². The first kappa shape index (κ1) is 10.6. The van der Waals surface area contributed by atoms with Crippen molar-refractivity contribution in [2.75, 3.05) is 0 Å². The third-order valence-corrected chi connectivity index (χ3v) is 2.73. The average Bonchev–Trinajstić information content (AvgIpc) is 2.49. The quantitative estimate of drug-likeness (QED) is 0.758. The highest BCUT2D eigenvalue weighted by Crippen LogP contribution is 2.27. The second-order valence-corrected chi connectivity index (χ2v) is 4.56. The molecular formula is C11H11IN2O. The smallest absolute Gasteiger partial charge is 0.278 e. The molecule has 0 atom stereocenters. The molecule has 2 rings (SSSR count). The molecule has 0 aliphatic carbocycles. The van der Waals surface area contributed by atoms with Crippen LogP contribution in [-0.2, 0) is 0 Å². The van der Waals surface area contributed by atoms with E-state index in [0.717, 1.165) is 5.56 Å². The van der Waals surface area contributed by atoms with Gasteiger partial charge in [-0.1, -0.05) is 17.7 Å². The third-order valence-electron chi connectivity index (χ3n) is 2.29. The molecule has 0 bridgehead atoms. The Morgan fingerprint density at radius 1 is 1.07 bits per heavy atom. The van der Waals surface area contributed by atoms with E-state index in [9.17, 15) is 0 Å². The fourth-order valence-electron chi connectivity index (χ4n) is 1.82. The van der Waals surface area contributed by atoms with E-state index in [1.54, 1.807) is 0 Å². The summed E-state index contributed by atoms with van der Waals surface area (Å²) in [6.45, 7) is 6.21. The summed E-state index contributed by atoms with van der Waals surface area (Å²) in [6, 6.07) is 4.25. The Hall–Kier alpha value is -0.910. The zero-order chi connectivity index (χ0) is 11.0. The van der Waals surface area contributed by atoms with Gasteiger partial charge >= 0.3 is 0 Å². The Morgan fingerprint density at radius 3 is 2.13 bits per heavy atom. The molecule has 0 unspecified atom stereocenters. The lowest BCUT2D eigenvalue weighted by Crippen LogP contribution is -1.90. The van der Waals surface area contributed by atoms with Gasteiger partial charge in [-0.25, -0.2) is 0 Å². The molecule has 0 fully saturated rings. The van der Waals surface area contributed by atoms with E-state index < -0.39 is 0 Å². The van der Waals surface area contributed by atoms with E-state index in [1.807, 2.05) is 22.6 Å². The highest BCUT2D eigenvalue weighted by molar-refractivity contribution is 14.1. The molecule has 2 aromatic rings. The highest BCUT2D eigenvalue weighted by Gasteiger charge is 2.12. The van der Waals surface area contributed by atoms with Gasteiger partial charge in [0.15, 0.2) is 0 Å². The lowest BCUT2D eigenvalue weighted by atomic mass is 10.00. The van der Waals surface area contributed by atoms with E-state index in [-0.39, 0.29) is 0 Å². The van der Waals surface area contributed by atoms with Crippen molar-refractivity contribution in [1.82, 2.24) is 10.2 Å². The topological polar surface area (TPSA) is 38.9 Å². The van der Waals surface area contributed by atoms with Gasteiger partial charge in [-0.2, -0.15) is 0 Å².